The summed E-state index contributed by atoms with van der Waals surface area (Å²) in [6, 6.07) is 0. The van der Waals surface area contributed by atoms with Crippen LogP contribution in [0.25, 0.3) is 10.7 Å². The van der Waals surface area contributed by atoms with Crippen LogP contribution in [0.5, 0.6) is 0 Å². The average Bonchev–Trinajstić information content (AvgIpc) is 2.86. The van der Waals surface area contributed by atoms with Crippen LogP contribution in [0, 0.1) is 0 Å². The van der Waals surface area contributed by atoms with Gasteiger partial charge in [-0.15, -0.1) is 11.3 Å². The van der Waals surface area contributed by atoms with Crippen molar-refractivity contribution in [1.82, 2.24) is 19.9 Å². The number of carbonyl (C=O) groups is 1. The molecule has 2 heterocycles. The van der Waals surface area contributed by atoms with E-state index in [0.717, 1.165) is 0 Å². The monoisotopic (exact) mass is 292 g/mol. The first-order valence-electron chi connectivity index (χ1n) is 6.06. The minimum atomic E-state index is -0.936. The SMILES string of the molecule is CN(CC(C)(C)O)C(=O)c1csc(-c2cnccn2)n1. The van der Waals surface area contributed by atoms with Crippen molar-refractivity contribution in [3.05, 3.63) is 29.7 Å². The highest BCUT2D eigenvalue weighted by Crippen LogP contribution is 2.21. The van der Waals surface area contributed by atoms with Gasteiger partial charge in [0.15, 0.2) is 0 Å². The zero-order chi connectivity index (χ0) is 14.8. The molecule has 0 radical (unpaired) electrons. The smallest absolute Gasteiger partial charge is 0.273 e. The summed E-state index contributed by atoms with van der Waals surface area (Å²) in [6.07, 6.45) is 4.77. The van der Waals surface area contributed by atoms with E-state index in [2.05, 4.69) is 15.0 Å². The van der Waals surface area contributed by atoms with Crippen molar-refractivity contribution >= 4 is 17.2 Å². The van der Waals surface area contributed by atoms with Crippen LogP contribution >= 0.6 is 11.3 Å². The fraction of sp³-hybridized carbons (Fsp3) is 0.385. The molecule has 0 saturated heterocycles. The van der Waals surface area contributed by atoms with E-state index >= 15 is 0 Å². The van der Waals surface area contributed by atoms with Gasteiger partial charge in [0, 0.05) is 31.4 Å². The number of amides is 1. The van der Waals surface area contributed by atoms with Crippen molar-refractivity contribution in [3.8, 4) is 10.7 Å². The van der Waals surface area contributed by atoms with Gasteiger partial charge >= 0.3 is 0 Å². The molecular formula is C13H16N4O2S. The van der Waals surface area contributed by atoms with E-state index in [4.69, 9.17) is 0 Å². The van der Waals surface area contributed by atoms with Crippen LogP contribution in [0.4, 0.5) is 0 Å². The first-order valence-corrected chi connectivity index (χ1v) is 6.94. The Morgan fingerprint density at radius 1 is 1.45 bits per heavy atom. The second-order valence-corrected chi connectivity index (χ2v) is 5.96. The Bertz CT molecular complexity index is 592. The van der Waals surface area contributed by atoms with Crippen molar-refractivity contribution in [2.75, 3.05) is 13.6 Å². The molecule has 20 heavy (non-hydrogen) atoms. The molecule has 0 unspecified atom stereocenters. The molecule has 0 saturated carbocycles. The Morgan fingerprint density at radius 3 is 2.80 bits per heavy atom. The second-order valence-electron chi connectivity index (χ2n) is 5.10. The number of thiazole rings is 1. The molecule has 0 bridgehead atoms. The summed E-state index contributed by atoms with van der Waals surface area (Å²) in [5.74, 6) is -0.224. The standard InChI is InChI=1S/C13H16N4O2S/c1-13(2,19)8-17(3)12(18)10-7-20-11(16-10)9-6-14-4-5-15-9/h4-7,19H,8H2,1-3H3. The lowest BCUT2D eigenvalue weighted by molar-refractivity contribution is 0.0365. The third kappa shape index (κ3) is 3.58. The summed E-state index contributed by atoms with van der Waals surface area (Å²) in [5.41, 5.74) is 0.0536. The van der Waals surface area contributed by atoms with Gasteiger partial charge in [-0.1, -0.05) is 0 Å². The van der Waals surface area contributed by atoms with Crippen LogP contribution in [0.2, 0.25) is 0 Å². The maximum absolute atomic E-state index is 12.2. The molecule has 2 aromatic heterocycles. The molecule has 1 N–H and O–H groups in total. The van der Waals surface area contributed by atoms with Gasteiger partial charge in [0.05, 0.1) is 11.8 Å². The number of nitrogens with zero attached hydrogens (tertiary/aromatic N) is 4. The summed E-state index contributed by atoms with van der Waals surface area (Å²) in [5, 5.41) is 12.1. The molecule has 0 atom stereocenters. The van der Waals surface area contributed by atoms with Crippen molar-refractivity contribution in [1.29, 1.82) is 0 Å². The largest absolute Gasteiger partial charge is 0.389 e. The van der Waals surface area contributed by atoms with E-state index in [-0.39, 0.29) is 12.5 Å². The quantitative estimate of drug-likeness (QED) is 0.922. The van der Waals surface area contributed by atoms with Gasteiger partial charge in [0.1, 0.15) is 16.4 Å². The van der Waals surface area contributed by atoms with Gasteiger partial charge in [0.2, 0.25) is 0 Å². The Kier molecular flexibility index (Phi) is 4.10. The molecule has 106 valence electrons. The van der Waals surface area contributed by atoms with E-state index in [0.29, 0.717) is 16.4 Å². The normalized spacial score (nSPS) is 11.4. The van der Waals surface area contributed by atoms with Crippen LogP contribution in [0.3, 0.4) is 0 Å². The Labute approximate surface area is 121 Å². The van der Waals surface area contributed by atoms with E-state index in [1.165, 1.54) is 16.2 Å². The summed E-state index contributed by atoms with van der Waals surface area (Å²) in [4.78, 5) is 26.0. The molecule has 0 aliphatic carbocycles. The topological polar surface area (TPSA) is 79.2 Å². The number of hydrogen-bond donors (Lipinski definition) is 1. The molecule has 1 amide bonds. The van der Waals surface area contributed by atoms with Gasteiger partial charge in [-0.3, -0.25) is 14.8 Å². The van der Waals surface area contributed by atoms with E-state index in [9.17, 15) is 9.90 Å². The number of aromatic nitrogens is 3. The minimum Gasteiger partial charge on any atom is -0.389 e. The van der Waals surface area contributed by atoms with Gasteiger partial charge in [-0.2, -0.15) is 0 Å². The molecule has 7 heteroatoms. The zero-order valence-electron chi connectivity index (χ0n) is 11.6. The van der Waals surface area contributed by atoms with E-state index in [1.54, 1.807) is 44.9 Å². The number of rotatable bonds is 4. The molecule has 0 aromatic carbocycles. The lowest BCUT2D eigenvalue weighted by atomic mass is 10.1. The molecule has 0 aliphatic rings. The van der Waals surface area contributed by atoms with Crippen molar-refractivity contribution < 1.29 is 9.90 Å². The Hall–Kier alpha value is -1.86. The Balaban J connectivity index is 2.15. The van der Waals surface area contributed by atoms with E-state index in [1.807, 2.05) is 0 Å². The molecule has 0 spiro atoms. The maximum atomic E-state index is 12.2. The van der Waals surface area contributed by atoms with Crippen LogP contribution in [0.15, 0.2) is 24.0 Å². The lowest BCUT2D eigenvalue weighted by Crippen LogP contribution is -2.39. The molecular weight excluding hydrogens is 276 g/mol. The fourth-order valence-corrected chi connectivity index (χ4v) is 2.50. The van der Waals surface area contributed by atoms with Crippen LogP contribution in [-0.4, -0.2) is 50.1 Å². The summed E-state index contributed by atoms with van der Waals surface area (Å²) in [6.45, 7) is 3.55. The zero-order valence-corrected chi connectivity index (χ0v) is 12.4. The number of likely N-dealkylation sites (N-methyl/N-ethyl adjacent to an activating group) is 1. The van der Waals surface area contributed by atoms with Gasteiger partial charge in [0.25, 0.3) is 5.91 Å². The maximum Gasteiger partial charge on any atom is 0.273 e. The van der Waals surface area contributed by atoms with Gasteiger partial charge in [-0.05, 0) is 13.8 Å². The van der Waals surface area contributed by atoms with Crippen LogP contribution in [-0.2, 0) is 0 Å². The highest BCUT2D eigenvalue weighted by Gasteiger charge is 2.22. The van der Waals surface area contributed by atoms with Crippen molar-refractivity contribution in [3.63, 3.8) is 0 Å². The summed E-state index contributed by atoms with van der Waals surface area (Å²) in [7, 11) is 1.64. The summed E-state index contributed by atoms with van der Waals surface area (Å²) >= 11 is 1.34. The fourth-order valence-electron chi connectivity index (χ4n) is 1.75. The Morgan fingerprint density at radius 2 is 2.20 bits per heavy atom. The molecule has 0 fully saturated rings. The third-order valence-corrected chi connectivity index (χ3v) is 3.34. The van der Waals surface area contributed by atoms with Crippen molar-refractivity contribution in [2.45, 2.75) is 19.4 Å². The number of aliphatic hydroxyl groups is 1. The van der Waals surface area contributed by atoms with Crippen LogP contribution in [0.1, 0.15) is 24.3 Å². The van der Waals surface area contributed by atoms with Gasteiger partial charge in [-0.25, -0.2) is 4.98 Å². The highest BCUT2D eigenvalue weighted by molar-refractivity contribution is 7.13. The first-order chi connectivity index (χ1) is 9.37. The van der Waals surface area contributed by atoms with Crippen molar-refractivity contribution in [2.24, 2.45) is 0 Å². The second kappa shape index (κ2) is 5.64. The number of carbonyl (C=O) groups excluding carboxylic acids is 1. The molecule has 6 nitrogen and oxygen atoms in total. The average molecular weight is 292 g/mol. The van der Waals surface area contributed by atoms with E-state index < -0.39 is 5.60 Å². The minimum absolute atomic E-state index is 0.224. The molecule has 0 aliphatic heterocycles. The third-order valence-electron chi connectivity index (χ3n) is 2.48. The predicted octanol–water partition coefficient (Wildman–Crippen LogP) is 1.44. The molecule has 2 aromatic rings. The van der Waals surface area contributed by atoms with Gasteiger partial charge < -0.3 is 10.0 Å². The van der Waals surface area contributed by atoms with Crippen LogP contribution < -0.4 is 0 Å². The number of hydrogen-bond acceptors (Lipinski definition) is 6. The first kappa shape index (κ1) is 14.5. The molecule has 2 rings (SSSR count). The highest BCUT2D eigenvalue weighted by atomic mass is 32.1. The predicted molar refractivity (Wildman–Crippen MR) is 76.4 cm³/mol. The lowest BCUT2D eigenvalue weighted by Gasteiger charge is -2.24. The summed E-state index contributed by atoms with van der Waals surface area (Å²) < 4.78 is 0.